The van der Waals surface area contributed by atoms with Gasteiger partial charge in [0.05, 0.1) is 17.8 Å². The Hall–Kier alpha value is -1.59. The molecule has 0 aromatic heterocycles. The average molecular weight is 286 g/mol. The van der Waals surface area contributed by atoms with Crippen LogP contribution >= 0.6 is 12.4 Å². The van der Waals surface area contributed by atoms with Gasteiger partial charge >= 0.3 is 0 Å². The third-order valence-corrected chi connectivity index (χ3v) is 2.12. The molecule has 5 nitrogen and oxygen atoms in total. The predicted molar refractivity (Wildman–Crippen MR) is 78.6 cm³/mol. The number of amides is 2. The van der Waals surface area contributed by atoms with Crippen molar-refractivity contribution in [3.8, 4) is 0 Å². The minimum atomic E-state index is -0.331. The number of anilines is 1. The minimum absolute atomic E-state index is 0. The zero-order valence-electron chi connectivity index (χ0n) is 11.3. The van der Waals surface area contributed by atoms with Crippen LogP contribution in [0.2, 0.25) is 0 Å². The van der Waals surface area contributed by atoms with Gasteiger partial charge in [-0.1, -0.05) is 12.1 Å². The van der Waals surface area contributed by atoms with Crippen LogP contribution in [0.1, 0.15) is 31.1 Å². The van der Waals surface area contributed by atoms with Gasteiger partial charge in [-0.3, -0.25) is 9.59 Å². The molecule has 0 saturated carbocycles. The lowest BCUT2D eigenvalue weighted by Gasteiger charge is -2.21. The predicted octanol–water partition coefficient (Wildman–Crippen LogP) is 1.53. The Kier molecular flexibility index (Phi) is 6.52. The first-order valence-electron chi connectivity index (χ1n) is 5.75. The van der Waals surface area contributed by atoms with Gasteiger partial charge in [-0.05, 0) is 32.9 Å². The number of hydrogen-bond donors (Lipinski definition) is 3. The van der Waals surface area contributed by atoms with E-state index in [1.54, 1.807) is 24.3 Å². The van der Waals surface area contributed by atoms with Gasteiger partial charge in [0.25, 0.3) is 5.91 Å². The van der Waals surface area contributed by atoms with Crippen molar-refractivity contribution >= 4 is 29.9 Å². The molecular weight excluding hydrogens is 266 g/mol. The summed E-state index contributed by atoms with van der Waals surface area (Å²) in [4.78, 5) is 23.3. The maximum atomic E-state index is 12.1. The van der Waals surface area contributed by atoms with Gasteiger partial charge < -0.3 is 16.4 Å². The molecule has 0 atom stereocenters. The Morgan fingerprint density at radius 3 is 2.32 bits per heavy atom. The van der Waals surface area contributed by atoms with Crippen LogP contribution in [0.4, 0.5) is 5.69 Å². The van der Waals surface area contributed by atoms with Crippen LogP contribution in [0.15, 0.2) is 24.3 Å². The zero-order chi connectivity index (χ0) is 13.8. The molecule has 19 heavy (non-hydrogen) atoms. The van der Waals surface area contributed by atoms with Crippen LogP contribution in [-0.2, 0) is 4.79 Å². The first-order chi connectivity index (χ1) is 8.33. The molecule has 0 fully saturated rings. The number of benzene rings is 1. The summed E-state index contributed by atoms with van der Waals surface area (Å²) >= 11 is 0. The summed E-state index contributed by atoms with van der Waals surface area (Å²) in [5.41, 5.74) is 5.80. The fraction of sp³-hybridized carbons (Fsp3) is 0.385. The summed E-state index contributed by atoms with van der Waals surface area (Å²) in [6.45, 7) is 5.57. The van der Waals surface area contributed by atoms with Crippen molar-refractivity contribution in [3.63, 3.8) is 0 Å². The lowest BCUT2D eigenvalue weighted by molar-refractivity contribution is -0.114. The number of carbonyl (C=O) groups excluding carboxylic acids is 2. The van der Waals surface area contributed by atoms with Crippen LogP contribution in [0.5, 0.6) is 0 Å². The smallest absolute Gasteiger partial charge is 0.253 e. The van der Waals surface area contributed by atoms with E-state index in [9.17, 15) is 9.59 Å². The monoisotopic (exact) mass is 285 g/mol. The van der Waals surface area contributed by atoms with Gasteiger partial charge in [0.1, 0.15) is 0 Å². The van der Waals surface area contributed by atoms with Crippen molar-refractivity contribution in [3.05, 3.63) is 29.8 Å². The highest BCUT2D eigenvalue weighted by Crippen LogP contribution is 2.16. The topological polar surface area (TPSA) is 84.2 Å². The van der Waals surface area contributed by atoms with Crippen LogP contribution in [-0.4, -0.2) is 23.9 Å². The van der Waals surface area contributed by atoms with E-state index in [2.05, 4.69) is 10.6 Å². The number of nitrogens with one attached hydrogen (secondary N) is 2. The molecule has 0 aliphatic carbocycles. The maximum absolute atomic E-state index is 12.1. The second-order valence-corrected chi connectivity index (χ2v) is 5.00. The van der Waals surface area contributed by atoms with E-state index in [4.69, 9.17) is 5.73 Å². The SMILES string of the molecule is CC(C)(C)NC(=O)c1ccccc1NC(=O)CN.Cl. The Bertz CT molecular complexity index is 455. The molecule has 0 unspecified atom stereocenters. The van der Waals surface area contributed by atoms with Gasteiger partial charge in [-0.2, -0.15) is 0 Å². The Morgan fingerprint density at radius 1 is 1.21 bits per heavy atom. The minimum Gasteiger partial charge on any atom is -0.347 e. The lowest BCUT2D eigenvalue weighted by atomic mass is 10.1. The van der Waals surface area contributed by atoms with Gasteiger partial charge in [-0.15, -0.1) is 12.4 Å². The number of hydrogen-bond acceptors (Lipinski definition) is 3. The maximum Gasteiger partial charge on any atom is 0.253 e. The highest BCUT2D eigenvalue weighted by atomic mass is 35.5. The molecule has 4 N–H and O–H groups in total. The number of para-hydroxylation sites is 1. The molecule has 0 aliphatic rings. The van der Waals surface area contributed by atoms with Gasteiger partial charge in [-0.25, -0.2) is 0 Å². The molecule has 0 heterocycles. The van der Waals surface area contributed by atoms with Gasteiger partial charge in [0.15, 0.2) is 0 Å². The molecule has 6 heteroatoms. The lowest BCUT2D eigenvalue weighted by Crippen LogP contribution is -2.41. The summed E-state index contributed by atoms with van der Waals surface area (Å²) in [6, 6.07) is 6.83. The fourth-order valence-electron chi connectivity index (χ4n) is 1.40. The summed E-state index contributed by atoms with van der Waals surface area (Å²) < 4.78 is 0. The third kappa shape index (κ3) is 5.72. The summed E-state index contributed by atoms with van der Waals surface area (Å²) in [5, 5.41) is 5.45. The summed E-state index contributed by atoms with van der Waals surface area (Å²) in [5.74, 6) is -0.554. The second kappa shape index (κ2) is 7.11. The highest BCUT2D eigenvalue weighted by Gasteiger charge is 2.18. The molecule has 0 aliphatic heterocycles. The molecule has 1 rings (SSSR count). The molecule has 0 bridgehead atoms. The standard InChI is InChI=1S/C13H19N3O2.ClH/c1-13(2,3)16-12(18)9-6-4-5-7-10(9)15-11(17)8-14;/h4-7H,8,14H2,1-3H3,(H,15,17)(H,16,18);1H. The quantitative estimate of drug-likeness (QED) is 0.787. The molecule has 0 radical (unpaired) electrons. The number of rotatable bonds is 3. The van der Waals surface area contributed by atoms with E-state index in [1.807, 2.05) is 20.8 Å². The second-order valence-electron chi connectivity index (χ2n) is 5.00. The molecular formula is C13H20ClN3O2. The first kappa shape index (κ1) is 17.4. The Labute approximate surface area is 119 Å². The van der Waals surface area contributed by atoms with Crippen molar-refractivity contribution < 1.29 is 9.59 Å². The van der Waals surface area contributed by atoms with E-state index >= 15 is 0 Å². The van der Waals surface area contributed by atoms with Crippen molar-refractivity contribution in [1.82, 2.24) is 5.32 Å². The molecule has 0 saturated heterocycles. The molecule has 1 aromatic carbocycles. The van der Waals surface area contributed by atoms with E-state index < -0.39 is 0 Å². The largest absolute Gasteiger partial charge is 0.347 e. The van der Waals surface area contributed by atoms with Crippen LogP contribution < -0.4 is 16.4 Å². The van der Waals surface area contributed by atoms with E-state index in [0.29, 0.717) is 11.3 Å². The van der Waals surface area contributed by atoms with Gasteiger partial charge in [0.2, 0.25) is 5.91 Å². The van der Waals surface area contributed by atoms with Crippen LogP contribution in [0.25, 0.3) is 0 Å². The molecule has 2 amide bonds. The van der Waals surface area contributed by atoms with Crippen molar-refractivity contribution in [1.29, 1.82) is 0 Å². The summed E-state index contributed by atoms with van der Waals surface area (Å²) in [7, 11) is 0. The van der Waals surface area contributed by atoms with E-state index in [0.717, 1.165) is 0 Å². The molecule has 0 spiro atoms. The number of nitrogens with two attached hydrogens (primary N) is 1. The molecule has 1 aromatic rings. The van der Waals surface area contributed by atoms with Gasteiger partial charge in [0, 0.05) is 5.54 Å². The fourth-order valence-corrected chi connectivity index (χ4v) is 1.40. The van der Waals surface area contributed by atoms with Crippen molar-refractivity contribution in [2.45, 2.75) is 26.3 Å². The zero-order valence-corrected chi connectivity index (χ0v) is 12.1. The van der Waals surface area contributed by atoms with Crippen LogP contribution in [0.3, 0.4) is 0 Å². The van der Waals surface area contributed by atoms with Crippen LogP contribution in [0, 0.1) is 0 Å². The van der Waals surface area contributed by atoms with Crippen molar-refractivity contribution in [2.24, 2.45) is 5.73 Å². The molecule has 106 valence electrons. The van der Waals surface area contributed by atoms with E-state index in [1.165, 1.54) is 0 Å². The number of halogens is 1. The Balaban J connectivity index is 0.00000324. The highest BCUT2D eigenvalue weighted by molar-refractivity contribution is 6.04. The Morgan fingerprint density at radius 2 is 1.79 bits per heavy atom. The normalized spacial score (nSPS) is 10.3. The van der Waals surface area contributed by atoms with E-state index in [-0.39, 0.29) is 36.3 Å². The summed E-state index contributed by atoms with van der Waals surface area (Å²) in [6.07, 6.45) is 0. The van der Waals surface area contributed by atoms with Crippen molar-refractivity contribution in [2.75, 3.05) is 11.9 Å². The number of carbonyl (C=O) groups is 2. The first-order valence-corrected chi connectivity index (χ1v) is 5.75. The average Bonchev–Trinajstić information content (AvgIpc) is 2.27. The third-order valence-electron chi connectivity index (χ3n) is 2.12.